The molecule has 0 spiro atoms. The smallest absolute Gasteiger partial charge is 0.187 e. The molecule has 11 atom stereocenters. The fraction of sp³-hybridized carbons (Fsp3) is 0.700. The highest BCUT2D eigenvalue weighted by Gasteiger charge is 2.46. The van der Waals surface area contributed by atoms with E-state index in [1.165, 1.54) is 24.3 Å². The van der Waals surface area contributed by atoms with E-state index in [1.54, 1.807) is 0 Å². The van der Waals surface area contributed by atoms with Gasteiger partial charge in [0.1, 0.15) is 60.7 Å². The molecule has 13 nitrogen and oxygen atoms in total. The van der Waals surface area contributed by atoms with E-state index in [9.17, 15) is 46.0 Å². The van der Waals surface area contributed by atoms with Crippen LogP contribution in [-0.2, 0) is 18.9 Å². The number of phenols is 1. The van der Waals surface area contributed by atoms with Crippen molar-refractivity contribution in [1.82, 2.24) is 0 Å². The van der Waals surface area contributed by atoms with E-state index in [0.29, 0.717) is 5.56 Å². The number of aromatic hydroxyl groups is 1. The van der Waals surface area contributed by atoms with Crippen molar-refractivity contribution < 1.29 is 64.9 Å². The quantitative estimate of drug-likeness (QED) is 0.174. The molecule has 0 radical (unpaired) electrons. The highest BCUT2D eigenvalue weighted by Crippen LogP contribution is 2.30. The summed E-state index contributed by atoms with van der Waals surface area (Å²) in [6.07, 6.45) is -16.2. The van der Waals surface area contributed by atoms with Gasteiger partial charge in [0.2, 0.25) is 0 Å². The van der Waals surface area contributed by atoms with Gasteiger partial charge >= 0.3 is 0 Å². The second kappa shape index (κ2) is 11.3. The number of hydrogen-bond donors (Lipinski definition) is 9. The minimum absolute atomic E-state index is 0.0415. The van der Waals surface area contributed by atoms with Crippen molar-refractivity contribution in [2.75, 3.05) is 19.8 Å². The van der Waals surface area contributed by atoms with E-state index >= 15 is 0 Å². The normalized spacial score (nSPS) is 40.5. The van der Waals surface area contributed by atoms with E-state index in [2.05, 4.69) is 0 Å². The second-order valence-corrected chi connectivity index (χ2v) is 7.94. The molecule has 188 valence electrons. The van der Waals surface area contributed by atoms with Crippen LogP contribution in [0.5, 0.6) is 5.75 Å². The van der Waals surface area contributed by atoms with E-state index in [-0.39, 0.29) is 12.4 Å². The SMILES string of the molecule is OCC1OC(OCC(OC2OC(CO)C(O)C(O)C2O)c2ccc(O)cc2)C(O)C(O)C1O. The number of rotatable bonds is 8. The van der Waals surface area contributed by atoms with Crippen LogP contribution in [0, 0.1) is 0 Å². The Labute approximate surface area is 188 Å². The molecule has 11 unspecified atom stereocenters. The molecule has 2 fully saturated rings. The molecule has 1 aromatic rings. The summed E-state index contributed by atoms with van der Waals surface area (Å²) >= 11 is 0. The van der Waals surface area contributed by atoms with Gasteiger partial charge in [0, 0.05) is 0 Å². The summed E-state index contributed by atoms with van der Waals surface area (Å²) < 4.78 is 21.9. The summed E-state index contributed by atoms with van der Waals surface area (Å²) in [7, 11) is 0. The van der Waals surface area contributed by atoms with Crippen LogP contribution in [0.2, 0.25) is 0 Å². The third-order valence-corrected chi connectivity index (χ3v) is 5.67. The number of ether oxygens (including phenoxy) is 4. The molecule has 0 aliphatic carbocycles. The number of aliphatic hydroxyl groups excluding tert-OH is 8. The lowest BCUT2D eigenvalue weighted by atomic mass is 9.99. The Kier molecular flexibility index (Phi) is 8.96. The average Bonchev–Trinajstić information content (AvgIpc) is 2.81. The van der Waals surface area contributed by atoms with Gasteiger partial charge in [-0.2, -0.15) is 0 Å². The Morgan fingerprint density at radius 1 is 0.697 bits per heavy atom. The third-order valence-electron chi connectivity index (χ3n) is 5.67. The standard InChI is InChI=1S/C20H30O13/c21-5-10-13(24)15(26)17(28)19(31-10)30-7-12(8-1-3-9(23)4-2-8)33-20-18(29)16(27)14(25)11(6-22)32-20/h1-4,10-29H,5-7H2. The molecular weight excluding hydrogens is 448 g/mol. The maximum Gasteiger partial charge on any atom is 0.187 e. The van der Waals surface area contributed by atoms with Crippen molar-refractivity contribution in [3.8, 4) is 5.75 Å². The molecular formula is C20H30O13. The topological polar surface area (TPSA) is 219 Å². The maximum atomic E-state index is 10.3. The van der Waals surface area contributed by atoms with Crippen molar-refractivity contribution in [1.29, 1.82) is 0 Å². The molecule has 33 heavy (non-hydrogen) atoms. The molecule has 1 aromatic carbocycles. The Morgan fingerprint density at radius 2 is 1.18 bits per heavy atom. The summed E-state index contributed by atoms with van der Waals surface area (Å²) in [4.78, 5) is 0. The summed E-state index contributed by atoms with van der Waals surface area (Å²) in [6, 6.07) is 5.65. The zero-order valence-electron chi connectivity index (χ0n) is 17.4. The lowest BCUT2D eigenvalue weighted by molar-refractivity contribution is -0.329. The Bertz CT molecular complexity index is 729. The van der Waals surface area contributed by atoms with Crippen LogP contribution in [0.1, 0.15) is 11.7 Å². The first-order valence-corrected chi connectivity index (χ1v) is 10.3. The van der Waals surface area contributed by atoms with Crippen LogP contribution < -0.4 is 0 Å². The van der Waals surface area contributed by atoms with Crippen LogP contribution >= 0.6 is 0 Å². The van der Waals surface area contributed by atoms with E-state index in [1.807, 2.05) is 0 Å². The number of aliphatic hydroxyl groups is 8. The number of hydrogen-bond acceptors (Lipinski definition) is 13. The molecule has 2 saturated heterocycles. The third kappa shape index (κ3) is 5.79. The van der Waals surface area contributed by atoms with Crippen LogP contribution in [0.25, 0.3) is 0 Å². The molecule has 2 heterocycles. The van der Waals surface area contributed by atoms with Crippen LogP contribution in [-0.4, -0.2) is 127 Å². The largest absolute Gasteiger partial charge is 0.508 e. The maximum absolute atomic E-state index is 10.3. The van der Waals surface area contributed by atoms with Crippen LogP contribution in [0.3, 0.4) is 0 Å². The Balaban J connectivity index is 1.76. The van der Waals surface area contributed by atoms with Gasteiger partial charge in [-0.3, -0.25) is 0 Å². The molecule has 0 aromatic heterocycles. The minimum Gasteiger partial charge on any atom is -0.508 e. The van der Waals surface area contributed by atoms with Crippen molar-refractivity contribution in [2.45, 2.75) is 67.5 Å². The summed E-state index contributed by atoms with van der Waals surface area (Å²) in [5.41, 5.74) is 0.411. The van der Waals surface area contributed by atoms with Gasteiger partial charge < -0.3 is 64.9 Å². The highest BCUT2D eigenvalue weighted by atomic mass is 16.7. The van der Waals surface area contributed by atoms with Gasteiger partial charge in [-0.1, -0.05) is 12.1 Å². The van der Waals surface area contributed by atoms with Crippen molar-refractivity contribution in [3.63, 3.8) is 0 Å². The number of benzene rings is 1. The van der Waals surface area contributed by atoms with E-state index < -0.39 is 80.7 Å². The van der Waals surface area contributed by atoms with Gasteiger partial charge in [-0.25, -0.2) is 0 Å². The van der Waals surface area contributed by atoms with Gasteiger partial charge in [0.05, 0.1) is 19.8 Å². The first kappa shape index (κ1) is 26.2. The Hall–Kier alpha value is -1.46. The zero-order valence-corrected chi connectivity index (χ0v) is 17.4. The highest BCUT2D eigenvalue weighted by molar-refractivity contribution is 5.27. The molecule has 0 saturated carbocycles. The Morgan fingerprint density at radius 3 is 1.70 bits per heavy atom. The fourth-order valence-electron chi connectivity index (χ4n) is 3.63. The van der Waals surface area contributed by atoms with Gasteiger partial charge in [0.15, 0.2) is 12.6 Å². The fourth-order valence-corrected chi connectivity index (χ4v) is 3.63. The van der Waals surface area contributed by atoms with Crippen LogP contribution in [0.4, 0.5) is 0 Å². The summed E-state index contributed by atoms with van der Waals surface area (Å²) in [5, 5.41) is 88.4. The second-order valence-electron chi connectivity index (χ2n) is 7.94. The van der Waals surface area contributed by atoms with E-state index in [4.69, 9.17) is 18.9 Å². The molecule has 0 amide bonds. The van der Waals surface area contributed by atoms with Crippen molar-refractivity contribution >= 4 is 0 Å². The monoisotopic (exact) mass is 478 g/mol. The molecule has 13 heteroatoms. The predicted octanol–water partition coefficient (Wildman–Crippen LogP) is -3.93. The summed E-state index contributed by atoms with van der Waals surface area (Å²) in [5.74, 6) is -0.0415. The average molecular weight is 478 g/mol. The van der Waals surface area contributed by atoms with Crippen LogP contribution in [0.15, 0.2) is 24.3 Å². The van der Waals surface area contributed by atoms with E-state index in [0.717, 1.165) is 0 Å². The minimum atomic E-state index is -1.69. The van der Waals surface area contributed by atoms with Gasteiger partial charge in [-0.15, -0.1) is 0 Å². The molecule has 2 aliphatic heterocycles. The van der Waals surface area contributed by atoms with Gasteiger partial charge in [0.25, 0.3) is 0 Å². The molecule has 2 aliphatic rings. The first-order valence-electron chi connectivity index (χ1n) is 10.3. The lowest BCUT2D eigenvalue weighted by Crippen LogP contribution is -2.60. The van der Waals surface area contributed by atoms with Crippen molar-refractivity contribution in [2.24, 2.45) is 0 Å². The van der Waals surface area contributed by atoms with Crippen molar-refractivity contribution in [3.05, 3.63) is 29.8 Å². The zero-order chi connectivity index (χ0) is 24.3. The van der Waals surface area contributed by atoms with Gasteiger partial charge in [-0.05, 0) is 17.7 Å². The lowest BCUT2D eigenvalue weighted by Gasteiger charge is -2.42. The summed E-state index contributed by atoms with van der Waals surface area (Å²) in [6.45, 7) is -1.67. The molecule has 0 bridgehead atoms. The molecule has 3 rings (SSSR count). The molecule has 9 N–H and O–H groups in total. The predicted molar refractivity (Wildman–Crippen MR) is 105 cm³/mol. The first-order chi connectivity index (χ1) is 15.7. The number of phenolic OH excluding ortho intramolecular Hbond substituents is 1.